The van der Waals surface area contributed by atoms with E-state index in [2.05, 4.69) is 30.1 Å². The zero-order chi connectivity index (χ0) is 30.0. The van der Waals surface area contributed by atoms with E-state index in [0.29, 0.717) is 9.24 Å². The van der Waals surface area contributed by atoms with Crippen molar-refractivity contribution < 1.29 is 33.7 Å². The highest BCUT2D eigenvalue weighted by atomic mass is 35.5. The Hall–Kier alpha value is -3.58. The number of aryl methyl sites for hydroxylation is 1. The third-order valence-electron chi connectivity index (χ3n) is 5.80. The molecule has 2 aliphatic heterocycles. The van der Waals surface area contributed by atoms with Gasteiger partial charge in [0.25, 0.3) is 11.8 Å². The van der Waals surface area contributed by atoms with E-state index < -0.39 is 29.2 Å². The Morgan fingerprint density at radius 2 is 2.02 bits per heavy atom. The second kappa shape index (κ2) is 13.8. The number of thioether (sulfide) groups is 2. The summed E-state index contributed by atoms with van der Waals surface area (Å²) >= 11 is 4.69. The molecule has 3 aromatic rings. The number of aliphatic carboxylic acids is 1. The molecule has 43 heavy (non-hydrogen) atoms. The Labute approximate surface area is 267 Å². The first-order chi connectivity index (χ1) is 20.2. The molecule has 2 unspecified atom stereocenters. The molecule has 14 nitrogen and oxygen atoms in total. The molecule has 0 aliphatic carbocycles. The van der Waals surface area contributed by atoms with E-state index in [1.165, 1.54) is 41.8 Å². The predicted octanol–water partition coefficient (Wildman–Crippen LogP) is 0.761. The highest BCUT2D eigenvalue weighted by molar-refractivity contribution is 8.07. The summed E-state index contributed by atoms with van der Waals surface area (Å²) in [4.78, 5) is 65.1. The zero-order valence-electron chi connectivity index (χ0n) is 22.6. The largest absolute Gasteiger partial charge is 0.543 e. The number of carbonyl (C=O) groups is 4. The number of carboxylic acids is 1. The van der Waals surface area contributed by atoms with Gasteiger partial charge < -0.3 is 25.4 Å². The van der Waals surface area contributed by atoms with Crippen molar-refractivity contribution in [3.63, 3.8) is 0 Å². The second-order valence-electron chi connectivity index (χ2n) is 8.74. The Morgan fingerprint density at radius 3 is 2.70 bits per heavy atom. The predicted molar refractivity (Wildman–Crippen MR) is 161 cm³/mol. The second-order valence-corrected chi connectivity index (χ2v) is 12.8. The van der Waals surface area contributed by atoms with Crippen LogP contribution in [0, 0.1) is 0 Å². The molecule has 5 heterocycles. The molecule has 0 radical (unpaired) electrons. The molecule has 1 saturated heterocycles. The summed E-state index contributed by atoms with van der Waals surface area (Å²) in [6.07, 6.45) is 3.81. The van der Waals surface area contributed by atoms with Gasteiger partial charge in [-0.1, -0.05) is 16.9 Å². The van der Waals surface area contributed by atoms with Gasteiger partial charge in [-0.2, -0.15) is 9.36 Å². The summed E-state index contributed by atoms with van der Waals surface area (Å²) in [7, 11) is 1.91. The molecular weight excluding hydrogens is 660 g/mol. The first-order valence-electron chi connectivity index (χ1n) is 12.3. The van der Waals surface area contributed by atoms with E-state index in [1.54, 1.807) is 6.92 Å². The van der Waals surface area contributed by atoms with Gasteiger partial charge in [-0.3, -0.25) is 19.3 Å². The number of carbonyl (C=O) groups excluding carboxylic acids is 4. The number of hydrogen-bond donors (Lipinski definition) is 2. The van der Waals surface area contributed by atoms with Gasteiger partial charge in [-0.25, -0.2) is 9.55 Å². The van der Waals surface area contributed by atoms with Gasteiger partial charge in [0.2, 0.25) is 22.6 Å². The van der Waals surface area contributed by atoms with Gasteiger partial charge in [-0.15, -0.1) is 35.5 Å². The van der Waals surface area contributed by atoms with Gasteiger partial charge >= 0.3 is 0 Å². The minimum absolute atomic E-state index is 0. The Bertz CT molecular complexity index is 1630. The number of pyridine rings is 1. The number of carboxylic acid groups (broad SMARTS) is 1. The lowest BCUT2D eigenvalue weighted by Gasteiger charge is -2.50. The van der Waals surface area contributed by atoms with Crippen LogP contribution in [0.25, 0.3) is 11.3 Å². The molecule has 2 N–H and O–H groups in total. The number of halogens is 1. The molecule has 2 aliphatic rings. The summed E-state index contributed by atoms with van der Waals surface area (Å²) in [5.74, 6) is -3.11. The van der Waals surface area contributed by atoms with E-state index in [1.807, 2.05) is 41.5 Å². The van der Waals surface area contributed by atoms with Gasteiger partial charge in [0.15, 0.2) is 16.7 Å². The number of anilines is 1. The number of β-lactam (4-membered cyclic amide) rings is 1. The fourth-order valence-corrected chi connectivity index (χ4v) is 7.99. The number of rotatable bonds is 10. The Balaban J connectivity index is 0.00000423. The van der Waals surface area contributed by atoms with Crippen molar-refractivity contribution in [2.24, 2.45) is 12.2 Å². The van der Waals surface area contributed by atoms with Crippen LogP contribution in [-0.2, 0) is 31.1 Å². The van der Waals surface area contributed by atoms with Crippen LogP contribution in [0.15, 0.2) is 50.0 Å². The third-order valence-corrected chi connectivity index (χ3v) is 9.92. The lowest BCUT2D eigenvalue weighted by Crippen LogP contribution is -2.71. The first-order valence-corrected chi connectivity index (χ1v) is 15.8. The minimum atomic E-state index is -1.50. The smallest absolute Gasteiger partial charge is 0.278 e. The average molecular weight is 683 g/mol. The average Bonchev–Trinajstić information content (AvgIpc) is 3.61. The number of thiazole rings is 1. The lowest BCUT2D eigenvalue weighted by molar-refractivity contribution is -0.671. The van der Waals surface area contributed by atoms with Crippen LogP contribution in [-0.4, -0.2) is 72.4 Å². The molecule has 0 bridgehead atoms. The monoisotopic (exact) mass is 682 g/mol. The molecule has 0 spiro atoms. The van der Waals surface area contributed by atoms with Crippen molar-refractivity contribution in [1.82, 2.24) is 24.6 Å². The maximum absolute atomic E-state index is 13.2. The third kappa shape index (κ3) is 6.98. The van der Waals surface area contributed by atoms with Crippen LogP contribution < -0.4 is 20.3 Å². The molecule has 5 rings (SSSR count). The van der Waals surface area contributed by atoms with Crippen molar-refractivity contribution in [2.75, 3.05) is 17.7 Å². The van der Waals surface area contributed by atoms with Crippen molar-refractivity contribution in [3.8, 4) is 11.3 Å². The fourth-order valence-electron chi connectivity index (χ4n) is 3.92. The number of nitrogens with zero attached hydrogens (tertiary/aromatic N) is 6. The number of amides is 3. The van der Waals surface area contributed by atoms with Gasteiger partial charge in [0.1, 0.15) is 25.1 Å². The van der Waals surface area contributed by atoms with Crippen LogP contribution in [0.4, 0.5) is 5.13 Å². The van der Waals surface area contributed by atoms with Crippen molar-refractivity contribution in [2.45, 2.75) is 29.6 Å². The molecule has 1 fully saturated rings. The van der Waals surface area contributed by atoms with Crippen LogP contribution in [0.2, 0.25) is 0 Å². The van der Waals surface area contributed by atoms with E-state index in [4.69, 9.17) is 4.84 Å². The number of nitrogens with one attached hydrogen (secondary N) is 2. The van der Waals surface area contributed by atoms with E-state index in [9.17, 15) is 24.3 Å². The topological polar surface area (TPSA) is 183 Å². The van der Waals surface area contributed by atoms with Crippen LogP contribution in [0.1, 0.15) is 19.7 Å². The summed E-state index contributed by atoms with van der Waals surface area (Å²) in [6.45, 7) is 3.12. The Morgan fingerprint density at radius 1 is 1.28 bits per heavy atom. The molecule has 3 aromatic heterocycles. The van der Waals surface area contributed by atoms with Crippen LogP contribution >= 0.6 is 58.8 Å². The van der Waals surface area contributed by atoms with Crippen LogP contribution in [0.3, 0.4) is 0 Å². The highest BCUT2D eigenvalue weighted by Crippen LogP contribution is 2.45. The molecule has 2 atom stereocenters. The normalized spacial score (nSPS) is 17.9. The SMILES string of the molecule is CCON=C(C(=O)NC1C(=O)N2C(C(=O)[O-])=C(Sc3nc(-c4cc[n+](C)cc4)cs3)CSC12)c1nsc(NC(C)=O)n1.Cl. The molecule has 0 saturated carbocycles. The molecule has 226 valence electrons. The molecule has 19 heteroatoms. The lowest BCUT2D eigenvalue weighted by atomic mass is 10.0. The highest BCUT2D eigenvalue weighted by Gasteiger charge is 2.53. The minimum Gasteiger partial charge on any atom is -0.543 e. The maximum atomic E-state index is 13.2. The number of oxime groups is 1. The summed E-state index contributed by atoms with van der Waals surface area (Å²) in [5.41, 5.74) is 1.14. The van der Waals surface area contributed by atoms with Crippen LogP contribution in [0.5, 0.6) is 0 Å². The van der Waals surface area contributed by atoms with Crippen molar-refractivity contribution in [3.05, 3.63) is 46.3 Å². The van der Waals surface area contributed by atoms with E-state index >= 15 is 0 Å². The summed E-state index contributed by atoms with van der Waals surface area (Å²) in [6, 6.07) is 2.83. The number of hydrogen-bond acceptors (Lipinski definition) is 14. The molecule has 3 amide bonds. The summed E-state index contributed by atoms with van der Waals surface area (Å²) in [5, 5.41) is 22.4. The number of fused-ring (bicyclic) bond motifs is 1. The Kier molecular flexibility index (Phi) is 10.4. The van der Waals surface area contributed by atoms with Gasteiger partial charge in [-0.05, 0) is 6.92 Å². The van der Waals surface area contributed by atoms with Gasteiger partial charge in [0, 0.05) is 52.2 Å². The zero-order valence-corrected chi connectivity index (χ0v) is 26.7. The molecule has 0 aromatic carbocycles. The fraction of sp³-hybridized carbons (Fsp3) is 0.292. The maximum Gasteiger partial charge on any atom is 0.278 e. The van der Waals surface area contributed by atoms with Gasteiger partial charge in [0.05, 0.1) is 17.4 Å². The van der Waals surface area contributed by atoms with E-state index in [-0.39, 0.29) is 53.0 Å². The summed E-state index contributed by atoms with van der Waals surface area (Å²) < 4.78 is 6.57. The first kappa shape index (κ1) is 32.3. The standard InChI is InChI=1S/C24H22N8O6S4.ClH/c1-4-38-29-15(18-28-23(42-30-18)25-11(2)33)19(34)27-16-20(35)32-17(22(36)37)14(10-39-21(16)32)41-24-26-13(9-40-24)12-5-7-31(3)8-6-12;/h5-9,16,21H,4,10H2,1-3H3,(H2-,25,27,28,30,33,34,36,37);1H. The quantitative estimate of drug-likeness (QED) is 0.133. The molecular formula is C24H23ClN8O6S4. The van der Waals surface area contributed by atoms with Crippen molar-refractivity contribution >= 4 is 93.3 Å². The van der Waals surface area contributed by atoms with Crippen molar-refractivity contribution in [1.29, 1.82) is 0 Å². The van der Waals surface area contributed by atoms with E-state index in [0.717, 1.165) is 27.7 Å². The number of aromatic nitrogens is 4.